The number of nitrogens with one attached hydrogen (secondary N) is 1. The summed E-state index contributed by atoms with van der Waals surface area (Å²) >= 11 is 0. The Bertz CT molecular complexity index is 352. The molecule has 3 heteroatoms. The third-order valence-corrected chi connectivity index (χ3v) is 3.09. The Hall–Kier alpha value is -1.35. The van der Waals surface area contributed by atoms with E-state index >= 15 is 0 Å². The topological polar surface area (TPSA) is 38.3 Å². The summed E-state index contributed by atoms with van der Waals surface area (Å²) in [6, 6.07) is 9.63. The molecule has 3 nitrogen and oxygen atoms in total. The van der Waals surface area contributed by atoms with E-state index in [0.29, 0.717) is 6.61 Å². The lowest BCUT2D eigenvalue weighted by Crippen LogP contribution is -2.55. The number of carbonyl (C=O) groups excluding carboxylic acids is 1. The van der Waals surface area contributed by atoms with Gasteiger partial charge in [0.2, 0.25) is 0 Å². The van der Waals surface area contributed by atoms with Gasteiger partial charge in [0.05, 0.1) is 0 Å². The van der Waals surface area contributed by atoms with Crippen LogP contribution in [0, 0.1) is 7.05 Å². The highest BCUT2D eigenvalue weighted by Gasteiger charge is 2.44. The van der Waals surface area contributed by atoms with Crippen LogP contribution in [0.5, 0.6) is 0 Å². The molecular weight excluding hydrogens is 202 g/mol. The quantitative estimate of drug-likeness (QED) is 0.618. The van der Waals surface area contributed by atoms with Crippen LogP contribution in [0.4, 0.5) is 0 Å². The number of carbonyl (C=O) groups is 1. The van der Waals surface area contributed by atoms with Crippen LogP contribution in [0.2, 0.25) is 0 Å². The van der Waals surface area contributed by atoms with Crippen LogP contribution >= 0.6 is 0 Å². The fourth-order valence-electron chi connectivity index (χ4n) is 1.80. The first-order chi connectivity index (χ1) is 7.77. The molecule has 0 spiro atoms. The third kappa shape index (κ3) is 2.09. The van der Waals surface area contributed by atoms with Crippen LogP contribution in [-0.2, 0) is 16.1 Å². The van der Waals surface area contributed by atoms with Gasteiger partial charge in [-0.2, -0.15) is 0 Å². The number of ether oxygens (including phenoxy) is 1. The Morgan fingerprint density at radius 2 is 2.06 bits per heavy atom. The van der Waals surface area contributed by atoms with Crippen LogP contribution in [0.1, 0.15) is 24.8 Å². The summed E-state index contributed by atoms with van der Waals surface area (Å²) in [6.45, 7) is 0.309. The molecule has 1 aliphatic carbocycles. The summed E-state index contributed by atoms with van der Waals surface area (Å²) in [5, 5.41) is 2.58. The second-order valence-corrected chi connectivity index (χ2v) is 4.14. The average Bonchev–Trinajstić information content (AvgIpc) is 2.27. The van der Waals surface area contributed by atoms with E-state index in [0.717, 1.165) is 24.8 Å². The first-order valence-corrected chi connectivity index (χ1v) is 5.46. The van der Waals surface area contributed by atoms with Crippen molar-refractivity contribution in [1.82, 2.24) is 5.32 Å². The molecule has 0 saturated heterocycles. The maximum Gasteiger partial charge on any atom is 0.326 e. The standard InChI is InChI=1S/C13H15NO2/c1-14-13(8-5-9-13)12(15)16-10-11-6-3-2-4-7-11/h1-4,6-7,14H,5,8-10H2. The third-order valence-electron chi connectivity index (χ3n) is 3.09. The van der Waals surface area contributed by atoms with E-state index in [1.807, 2.05) is 30.3 Å². The molecular formula is C13H15NO2. The molecule has 1 aliphatic rings. The summed E-state index contributed by atoms with van der Waals surface area (Å²) in [4.78, 5) is 11.8. The maximum atomic E-state index is 11.8. The van der Waals surface area contributed by atoms with Crippen LogP contribution in [0.3, 0.4) is 0 Å². The van der Waals surface area contributed by atoms with Crippen molar-refractivity contribution in [2.24, 2.45) is 0 Å². The highest BCUT2D eigenvalue weighted by Crippen LogP contribution is 2.32. The number of benzene rings is 1. The van der Waals surface area contributed by atoms with Crippen molar-refractivity contribution < 1.29 is 9.53 Å². The summed E-state index contributed by atoms with van der Waals surface area (Å²) in [5.41, 5.74) is 0.358. The average molecular weight is 217 g/mol. The number of hydrogen-bond acceptors (Lipinski definition) is 3. The van der Waals surface area contributed by atoms with Gasteiger partial charge >= 0.3 is 5.97 Å². The molecule has 0 aromatic heterocycles. The molecule has 1 saturated carbocycles. The lowest BCUT2D eigenvalue weighted by Gasteiger charge is -2.38. The summed E-state index contributed by atoms with van der Waals surface area (Å²) in [6.07, 6.45) is 2.54. The Labute approximate surface area is 95.8 Å². The van der Waals surface area contributed by atoms with E-state index in [-0.39, 0.29) is 5.97 Å². The van der Waals surface area contributed by atoms with Gasteiger partial charge < -0.3 is 4.74 Å². The Morgan fingerprint density at radius 1 is 1.38 bits per heavy atom. The highest BCUT2D eigenvalue weighted by atomic mass is 16.5. The lowest BCUT2D eigenvalue weighted by atomic mass is 9.77. The van der Waals surface area contributed by atoms with Gasteiger partial charge in [-0.1, -0.05) is 30.3 Å². The molecule has 0 heterocycles. The van der Waals surface area contributed by atoms with Crippen molar-refractivity contribution in [3.8, 4) is 0 Å². The predicted octanol–water partition coefficient (Wildman–Crippen LogP) is 1.91. The van der Waals surface area contributed by atoms with Crippen LogP contribution < -0.4 is 5.32 Å². The fraction of sp³-hybridized carbons (Fsp3) is 0.385. The molecule has 1 fully saturated rings. The molecule has 0 amide bonds. The first kappa shape index (κ1) is 11.1. The largest absolute Gasteiger partial charge is 0.459 e. The van der Waals surface area contributed by atoms with Crippen molar-refractivity contribution >= 4 is 5.97 Å². The maximum absolute atomic E-state index is 11.8. The van der Waals surface area contributed by atoms with Gasteiger partial charge in [0.1, 0.15) is 12.1 Å². The van der Waals surface area contributed by atoms with Crippen molar-refractivity contribution in [3.05, 3.63) is 42.9 Å². The van der Waals surface area contributed by atoms with Gasteiger partial charge in [0, 0.05) is 7.05 Å². The Kier molecular flexibility index (Phi) is 3.25. The summed E-state index contributed by atoms with van der Waals surface area (Å²) in [5.74, 6) is -0.245. The van der Waals surface area contributed by atoms with E-state index in [9.17, 15) is 4.79 Å². The van der Waals surface area contributed by atoms with Gasteiger partial charge in [-0.05, 0) is 24.8 Å². The molecule has 16 heavy (non-hydrogen) atoms. The molecule has 1 N–H and O–H groups in total. The lowest BCUT2D eigenvalue weighted by molar-refractivity contribution is -0.156. The molecule has 1 aromatic rings. The normalized spacial score (nSPS) is 17.6. The zero-order valence-electron chi connectivity index (χ0n) is 9.11. The van der Waals surface area contributed by atoms with Gasteiger partial charge in [0.15, 0.2) is 0 Å². The molecule has 0 bridgehead atoms. The van der Waals surface area contributed by atoms with Crippen LogP contribution in [0.15, 0.2) is 30.3 Å². The molecule has 0 unspecified atom stereocenters. The highest BCUT2D eigenvalue weighted by molar-refractivity contribution is 5.82. The van der Waals surface area contributed by atoms with E-state index in [4.69, 9.17) is 11.8 Å². The smallest absolute Gasteiger partial charge is 0.326 e. The molecule has 84 valence electrons. The predicted molar refractivity (Wildman–Crippen MR) is 60.3 cm³/mol. The fourth-order valence-corrected chi connectivity index (χ4v) is 1.80. The molecule has 1 aromatic carbocycles. The van der Waals surface area contributed by atoms with Crippen molar-refractivity contribution in [2.75, 3.05) is 0 Å². The van der Waals surface area contributed by atoms with E-state index in [1.165, 1.54) is 0 Å². The molecule has 2 radical (unpaired) electrons. The second kappa shape index (κ2) is 4.66. The van der Waals surface area contributed by atoms with E-state index in [2.05, 4.69) is 5.32 Å². The van der Waals surface area contributed by atoms with Crippen molar-refractivity contribution in [1.29, 1.82) is 0 Å². The minimum Gasteiger partial charge on any atom is -0.459 e. The van der Waals surface area contributed by atoms with Gasteiger partial charge in [-0.3, -0.25) is 10.1 Å². The number of rotatable bonds is 4. The van der Waals surface area contributed by atoms with Crippen molar-refractivity contribution in [2.45, 2.75) is 31.4 Å². The second-order valence-electron chi connectivity index (χ2n) is 4.14. The summed E-state index contributed by atoms with van der Waals surface area (Å²) in [7, 11) is 5.39. The van der Waals surface area contributed by atoms with Crippen LogP contribution in [0.25, 0.3) is 0 Å². The Morgan fingerprint density at radius 3 is 2.56 bits per heavy atom. The van der Waals surface area contributed by atoms with Crippen LogP contribution in [-0.4, -0.2) is 11.5 Å². The van der Waals surface area contributed by atoms with Crippen molar-refractivity contribution in [3.63, 3.8) is 0 Å². The summed E-state index contributed by atoms with van der Waals surface area (Å²) < 4.78 is 5.24. The van der Waals surface area contributed by atoms with Gasteiger partial charge in [-0.15, -0.1) is 0 Å². The monoisotopic (exact) mass is 217 g/mol. The van der Waals surface area contributed by atoms with Gasteiger partial charge in [-0.25, -0.2) is 0 Å². The minimum absolute atomic E-state index is 0.245. The minimum atomic E-state index is -0.630. The van der Waals surface area contributed by atoms with E-state index in [1.54, 1.807) is 0 Å². The Balaban J connectivity index is 1.89. The van der Waals surface area contributed by atoms with Gasteiger partial charge in [0.25, 0.3) is 0 Å². The first-order valence-electron chi connectivity index (χ1n) is 5.46. The molecule has 0 aliphatic heterocycles. The zero-order valence-corrected chi connectivity index (χ0v) is 9.11. The molecule has 0 atom stereocenters. The zero-order chi connectivity index (χ0) is 11.4. The number of esters is 1. The number of hydrogen-bond donors (Lipinski definition) is 1. The molecule has 2 rings (SSSR count). The van der Waals surface area contributed by atoms with E-state index < -0.39 is 5.54 Å². The SMILES string of the molecule is [CH]NC1(C(=O)OCc2ccccc2)CCC1.